The second kappa shape index (κ2) is 6.17. The number of likely N-dealkylation sites (tertiary alicyclic amines) is 1. The van der Waals surface area contributed by atoms with Crippen LogP contribution in [0.15, 0.2) is 0 Å². The number of nitrogens with one attached hydrogen (secondary N) is 1. The molecule has 0 aromatic rings. The number of piperidine rings is 1. The van der Waals surface area contributed by atoms with Crippen molar-refractivity contribution in [2.75, 3.05) is 31.6 Å². The molecular formula is C10H20N2OS. The normalized spacial score (nSPS) is 22.1. The maximum absolute atomic E-state index is 11.6. The average Bonchev–Trinajstić information content (AvgIpc) is 2.18. The van der Waals surface area contributed by atoms with E-state index in [-0.39, 0.29) is 6.03 Å². The molecule has 0 aromatic heterocycles. The summed E-state index contributed by atoms with van der Waals surface area (Å²) in [7, 11) is 0. The Morgan fingerprint density at radius 3 is 3.07 bits per heavy atom. The first kappa shape index (κ1) is 11.7. The van der Waals surface area contributed by atoms with Crippen molar-refractivity contribution in [1.82, 2.24) is 10.2 Å². The highest BCUT2D eigenvalue weighted by atomic mass is 32.2. The number of hydrogen-bond donors (Lipinski definition) is 1. The molecule has 1 aliphatic heterocycles. The minimum atomic E-state index is 0.116. The highest BCUT2D eigenvalue weighted by Gasteiger charge is 2.19. The SMILES string of the molecule is CSCCNC(=O)N1CCCC(C)C1. The third-order valence-corrected chi connectivity index (χ3v) is 3.14. The van der Waals surface area contributed by atoms with Gasteiger partial charge in [0.1, 0.15) is 0 Å². The Morgan fingerprint density at radius 1 is 1.64 bits per heavy atom. The van der Waals surface area contributed by atoms with E-state index in [4.69, 9.17) is 0 Å². The molecule has 3 nitrogen and oxygen atoms in total. The van der Waals surface area contributed by atoms with Gasteiger partial charge < -0.3 is 10.2 Å². The zero-order valence-corrected chi connectivity index (χ0v) is 9.90. The molecule has 2 amide bonds. The predicted molar refractivity (Wildman–Crippen MR) is 61.8 cm³/mol. The van der Waals surface area contributed by atoms with E-state index in [2.05, 4.69) is 18.5 Å². The Labute approximate surface area is 90.6 Å². The fraction of sp³-hybridized carbons (Fsp3) is 0.900. The fourth-order valence-corrected chi connectivity index (χ4v) is 2.05. The van der Waals surface area contributed by atoms with Crippen LogP contribution in [-0.4, -0.2) is 42.6 Å². The maximum Gasteiger partial charge on any atom is 0.317 e. The van der Waals surface area contributed by atoms with Crippen LogP contribution in [0.1, 0.15) is 19.8 Å². The summed E-state index contributed by atoms with van der Waals surface area (Å²) in [5.74, 6) is 1.66. The van der Waals surface area contributed by atoms with Crippen LogP contribution in [0.2, 0.25) is 0 Å². The Kier molecular flexibility index (Phi) is 5.15. The molecule has 0 aromatic carbocycles. The number of carbonyl (C=O) groups excluding carboxylic acids is 1. The molecule has 1 aliphatic rings. The van der Waals surface area contributed by atoms with Gasteiger partial charge in [-0.05, 0) is 25.0 Å². The molecular weight excluding hydrogens is 196 g/mol. The standard InChI is InChI=1S/C10H20N2OS/c1-9-4-3-6-12(8-9)10(13)11-5-7-14-2/h9H,3-8H2,1-2H3,(H,11,13). The van der Waals surface area contributed by atoms with Crippen molar-refractivity contribution >= 4 is 17.8 Å². The summed E-state index contributed by atoms with van der Waals surface area (Å²) >= 11 is 1.76. The highest BCUT2D eigenvalue weighted by Crippen LogP contribution is 2.14. The predicted octanol–water partition coefficient (Wildman–Crippen LogP) is 1.79. The van der Waals surface area contributed by atoms with Gasteiger partial charge in [-0.2, -0.15) is 11.8 Å². The van der Waals surface area contributed by atoms with Gasteiger partial charge >= 0.3 is 6.03 Å². The Morgan fingerprint density at radius 2 is 2.43 bits per heavy atom. The van der Waals surface area contributed by atoms with Gasteiger partial charge in [-0.3, -0.25) is 0 Å². The molecule has 82 valence electrons. The molecule has 0 saturated carbocycles. The smallest absolute Gasteiger partial charge is 0.317 e. The number of carbonyl (C=O) groups is 1. The van der Waals surface area contributed by atoms with Crippen LogP contribution in [0, 0.1) is 5.92 Å². The molecule has 0 radical (unpaired) electrons. The minimum absolute atomic E-state index is 0.116. The highest BCUT2D eigenvalue weighted by molar-refractivity contribution is 7.98. The lowest BCUT2D eigenvalue weighted by molar-refractivity contribution is 0.170. The van der Waals surface area contributed by atoms with Crippen LogP contribution in [-0.2, 0) is 0 Å². The van der Waals surface area contributed by atoms with Gasteiger partial charge in [0.25, 0.3) is 0 Å². The molecule has 1 rings (SSSR count). The van der Waals surface area contributed by atoms with Crippen LogP contribution in [0.4, 0.5) is 4.79 Å². The van der Waals surface area contributed by atoms with E-state index in [0.717, 1.165) is 31.8 Å². The molecule has 4 heteroatoms. The van der Waals surface area contributed by atoms with Crippen LogP contribution in [0.3, 0.4) is 0 Å². The lowest BCUT2D eigenvalue weighted by atomic mass is 10.0. The molecule has 1 heterocycles. The first-order valence-corrected chi connectivity index (χ1v) is 6.65. The van der Waals surface area contributed by atoms with Gasteiger partial charge in [0.05, 0.1) is 0 Å². The number of rotatable bonds is 3. The number of nitrogens with zero attached hydrogens (tertiary/aromatic N) is 1. The van der Waals surface area contributed by atoms with E-state index in [0.29, 0.717) is 5.92 Å². The number of hydrogen-bond acceptors (Lipinski definition) is 2. The molecule has 14 heavy (non-hydrogen) atoms. The van der Waals surface area contributed by atoms with Crippen molar-refractivity contribution in [3.63, 3.8) is 0 Å². The van der Waals surface area contributed by atoms with E-state index >= 15 is 0 Å². The molecule has 0 spiro atoms. The van der Waals surface area contributed by atoms with Crippen molar-refractivity contribution in [1.29, 1.82) is 0 Å². The van der Waals surface area contributed by atoms with Crippen molar-refractivity contribution in [2.45, 2.75) is 19.8 Å². The van der Waals surface area contributed by atoms with Crippen molar-refractivity contribution in [2.24, 2.45) is 5.92 Å². The molecule has 0 bridgehead atoms. The van der Waals surface area contributed by atoms with Crippen molar-refractivity contribution in [3.8, 4) is 0 Å². The van der Waals surface area contributed by atoms with Gasteiger partial charge in [-0.15, -0.1) is 0 Å². The Balaban J connectivity index is 2.22. The Bertz CT molecular complexity index is 187. The van der Waals surface area contributed by atoms with Gasteiger partial charge in [-0.25, -0.2) is 4.79 Å². The van der Waals surface area contributed by atoms with Gasteiger partial charge in [0.15, 0.2) is 0 Å². The summed E-state index contributed by atoms with van der Waals surface area (Å²) in [6.07, 6.45) is 4.46. The summed E-state index contributed by atoms with van der Waals surface area (Å²) in [5.41, 5.74) is 0. The molecule has 1 N–H and O–H groups in total. The number of amides is 2. The van der Waals surface area contributed by atoms with Crippen molar-refractivity contribution in [3.05, 3.63) is 0 Å². The summed E-state index contributed by atoms with van der Waals surface area (Å²) in [6.45, 7) is 4.84. The lowest BCUT2D eigenvalue weighted by Crippen LogP contribution is -2.45. The maximum atomic E-state index is 11.6. The van der Waals surface area contributed by atoms with Gasteiger partial charge in [0, 0.05) is 25.4 Å². The van der Waals surface area contributed by atoms with Crippen molar-refractivity contribution < 1.29 is 4.79 Å². The van der Waals surface area contributed by atoms with E-state index in [1.807, 2.05) is 4.90 Å². The van der Waals surface area contributed by atoms with Crippen LogP contribution in [0.5, 0.6) is 0 Å². The van der Waals surface area contributed by atoms with E-state index in [1.54, 1.807) is 11.8 Å². The fourth-order valence-electron chi connectivity index (χ4n) is 1.75. The average molecular weight is 216 g/mol. The second-order valence-electron chi connectivity index (χ2n) is 3.92. The molecule has 1 fully saturated rings. The zero-order valence-electron chi connectivity index (χ0n) is 9.08. The largest absolute Gasteiger partial charge is 0.337 e. The van der Waals surface area contributed by atoms with Crippen LogP contribution in [0.25, 0.3) is 0 Å². The van der Waals surface area contributed by atoms with E-state index < -0.39 is 0 Å². The third kappa shape index (κ3) is 3.78. The molecule has 1 saturated heterocycles. The van der Waals surface area contributed by atoms with Crippen LogP contribution < -0.4 is 5.32 Å². The monoisotopic (exact) mass is 216 g/mol. The number of thioether (sulfide) groups is 1. The van der Waals surface area contributed by atoms with E-state index in [9.17, 15) is 4.79 Å². The molecule has 1 atom stereocenters. The summed E-state index contributed by atoms with van der Waals surface area (Å²) < 4.78 is 0. The minimum Gasteiger partial charge on any atom is -0.337 e. The zero-order chi connectivity index (χ0) is 10.4. The molecule has 1 unspecified atom stereocenters. The van der Waals surface area contributed by atoms with Crippen LogP contribution >= 0.6 is 11.8 Å². The van der Waals surface area contributed by atoms with E-state index in [1.165, 1.54) is 6.42 Å². The number of urea groups is 1. The first-order chi connectivity index (χ1) is 6.74. The third-order valence-electron chi connectivity index (χ3n) is 2.53. The van der Waals surface area contributed by atoms with Gasteiger partial charge in [0.2, 0.25) is 0 Å². The Hall–Kier alpha value is -0.380. The topological polar surface area (TPSA) is 32.3 Å². The summed E-state index contributed by atoms with van der Waals surface area (Å²) in [6, 6.07) is 0.116. The molecule has 0 aliphatic carbocycles. The lowest BCUT2D eigenvalue weighted by Gasteiger charge is -2.30. The quantitative estimate of drug-likeness (QED) is 0.730. The summed E-state index contributed by atoms with van der Waals surface area (Å²) in [4.78, 5) is 13.6. The van der Waals surface area contributed by atoms with Gasteiger partial charge in [-0.1, -0.05) is 6.92 Å². The first-order valence-electron chi connectivity index (χ1n) is 5.25. The second-order valence-corrected chi connectivity index (χ2v) is 4.90. The summed E-state index contributed by atoms with van der Waals surface area (Å²) in [5, 5.41) is 2.94.